The first kappa shape index (κ1) is 21.8. The van der Waals surface area contributed by atoms with Crippen LogP contribution in [-0.2, 0) is 17.9 Å². The van der Waals surface area contributed by atoms with E-state index in [-0.39, 0.29) is 17.7 Å². The summed E-state index contributed by atoms with van der Waals surface area (Å²) in [5.74, 6) is 0.359. The summed E-state index contributed by atoms with van der Waals surface area (Å²) < 4.78 is 5.26. The van der Waals surface area contributed by atoms with Crippen LogP contribution in [0, 0.1) is 12.8 Å². The Morgan fingerprint density at radius 3 is 2.47 bits per heavy atom. The average Bonchev–Trinajstić information content (AvgIpc) is 3.33. The van der Waals surface area contributed by atoms with Crippen LogP contribution in [0.3, 0.4) is 0 Å². The summed E-state index contributed by atoms with van der Waals surface area (Å²) in [4.78, 5) is 28.0. The molecule has 0 atom stereocenters. The molecule has 6 nitrogen and oxygen atoms in total. The molecule has 2 N–H and O–H groups in total. The molecule has 1 aliphatic heterocycles. The van der Waals surface area contributed by atoms with E-state index < -0.39 is 0 Å². The number of amides is 2. The monoisotopic (exact) mass is 431 g/mol. The zero-order valence-corrected chi connectivity index (χ0v) is 18.3. The fourth-order valence-electron chi connectivity index (χ4n) is 4.01. The van der Waals surface area contributed by atoms with Crippen LogP contribution in [-0.4, -0.2) is 29.8 Å². The van der Waals surface area contributed by atoms with Gasteiger partial charge in [-0.25, -0.2) is 0 Å². The summed E-state index contributed by atoms with van der Waals surface area (Å²) >= 11 is 0. The Bertz CT molecular complexity index is 1040. The number of carbonyl (C=O) groups is 2. The Hall–Kier alpha value is -3.38. The fraction of sp³-hybridized carbons (Fsp3) is 0.308. The maximum Gasteiger partial charge on any atom is 0.253 e. The summed E-state index contributed by atoms with van der Waals surface area (Å²) in [6, 6.07) is 19.3. The number of piperidine rings is 1. The summed E-state index contributed by atoms with van der Waals surface area (Å²) in [6.07, 6.45) is 3.19. The van der Waals surface area contributed by atoms with E-state index >= 15 is 0 Å². The zero-order valence-electron chi connectivity index (χ0n) is 18.3. The van der Waals surface area contributed by atoms with Crippen molar-refractivity contribution in [2.24, 2.45) is 5.92 Å². The highest BCUT2D eigenvalue weighted by Gasteiger charge is 2.26. The maximum absolute atomic E-state index is 12.9. The second-order valence-electron chi connectivity index (χ2n) is 8.33. The van der Waals surface area contributed by atoms with Gasteiger partial charge in [-0.1, -0.05) is 42.0 Å². The lowest BCUT2D eigenvalue weighted by atomic mass is 9.95. The van der Waals surface area contributed by atoms with Gasteiger partial charge >= 0.3 is 0 Å². The zero-order chi connectivity index (χ0) is 22.3. The number of likely N-dealkylation sites (tertiary alicyclic amines) is 1. The lowest BCUT2D eigenvalue weighted by Gasteiger charge is -2.31. The molecule has 0 bridgehead atoms. The van der Waals surface area contributed by atoms with E-state index in [1.807, 2.05) is 6.07 Å². The first-order valence-electron chi connectivity index (χ1n) is 11.1. The van der Waals surface area contributed by atoms with Crippen LogP contribution in [0.5, 0.6) is 0 Å². The predicted molar refractivity (Wildman–Crippen MR) is 124 cm³/mol. The molecule has 0 unspecified atom stereocenters. The quantitative estimate of drug-likeness (QED) is 0.583. The van der Waals surface area contributed by atoms with Gasteiger partial charge in [0.1, 0.15) is 5.76 Å². The molecule has 1 saturated heterocycles. The number of nitrogens with one attached hydrogen (secondary N) is 2. The molecule has 0 radical (unpaired) electrons. The van der Waals surface area contributed by atoms with Gasteiger partial charge in [0.2, 0.25) is 5.91 Å². The largest absolute Gasteiger partial charge is 0.467 e. The highest BCUT2D eigenvalue weighted by Crippen LogP contribution is 2.23. The number of para-hydroxylation sites is 1. The van der Waals surface area contributed by atoms with Crippen molar-refractivity contribution in [3.63, 3.8) is 0 Å². The third-order valence-corrected chi connectivity index (χ3v) is 5.92. The van der Waals surface area contributed by atoms with Crippen molar-refractivity contribution in [3.05, 3.63) is 89.4 Å². The van der Waals surface area contributed by atoms with Gasteiger partial charge in [0.15, 0.2) is 0 Å². The first-order valence-corrected chi connectivity index (χ1v) is 11.1. The molecule has 6 heteroatoms. The molecule has 1 fully saturated rings. The van der Waals surface area contributed by atoms with Crippen molar-refractivity contribution in [2.45, 2.75) is 32.9 Å². The molecular weight excluding hydrogens is 402 g/mol. The molecule has 3 aromatic rings. The number of carbonyl (C=O) groups excluding carboxylic acids is 2. The number of hydrogen-bond donors (Lipinski definition) is 2. The molecule has 2 heterocycles. The van der Waals surface area contributed by atoms with Crippen LogP contribution in [0.2, 0.25) is 0 Å². The molecule has 1 aliphatic rings. The molecule has 4 rings (SSSR count). The topological polar surface area (TPSA) is 74.6 Å². The van der Waals surface area contributed by atoms with Gasteiger partial charge in [-0.2, -0.15) is 0 Å². The molecule has 1 aromatic heterocycles. The lowest BCUT2D eigenvalue weighted by molar-refractivity contribution is -0.121. The van der Waals surface area contributed by atoms with Crippen molar-refractivity contribution in [3.8, 4) is 0 Å². The van der Waals surface area contributed by atoms with Crippen molar-refractivity contribution in [1.82, 2.24) is 10.2 Å². The third kappa shape index (κ3) is 5.65. The molecular formula is C26H29N3O3. The summed E-state index contributed by atoms with van der Waals surface area (Å²) in [7, 11) is 0. The van der Waals surface area contributed by atoms with E-state index in [2.05, 4.69) is 46.7 Å². The molecule has 32 heavy (non-hydrogen) atoms. The van der Waals surface area contributed by atoms with Crippen LogP contribution in [0.4, 0.5) is 5.69 Å². The Morgan fingerprint density at radius 1 is 1.00 bits per heavy atom. The number of benzene rings is 2. The summed E-state index contributed by atoms with van der Waals surface area (Å²) in [6.45, 7) is 5.07. The van der Waals surface area contributed by atoms with Gasteiger partial charge in [-0.15, -0.1) is 0 Å². The summed E-state index contributed by atoms with van der Waals surface area (Å²) in [5, 5.41) is 5.82. The Morgan fingerprint density at radius 2 is 1.75 bits per heavy atom. The second-order valence-corrected chi connectivity index (χ2v) is 8.33. The van der Waals surface area contributed by atoms with Gasteiger partial charge in [0.05, 0.1) is 24.1 Å². The Labute approximate surface area is 188 Å². The highest BCUT2D eigenvalue weighted by molar-refractivity contribution is 6.04. The molecule has 2 amide bonds. The second kappa shape index (κ2) is 10.3. The van der Waals surface area contributed by atoms with Crippen LogP contribution >= 0.6 is 0 Å². The van der Waals surface area contributed by atoms with Crippen molar-refractivity contribution in [1.29, 1.82) is 0 Å². The fourth-order valence-corrected chi connectivity index (χ4v) is 4.01. The maximum atomic E-state index is 12.9. The standard InChI is InChI=1S/C26H29N3O3/c1-19-8-10-20(11-9-19)18-29-14-12-21(13-15-29)25(30)28-24-7-3-2-6-23(24)26(31)27-17-22-5-4-16-32-22/h2-11,16,21H,12-15,17-18H2,1H3,(H,27,31)(H,28,30). The minimum absolute atomic E-state index is 0.0220. The predicted octanol–water partition coefficient (Wildman–Crippen LogP) is 4.37. The minimum Gasteiger partial charge on any atom is -0.467 e. The molecule has 0 spiro atoms. The molecule has 166 valence electrons. The van der Waals surface area contributed by atoms with Gasteiger partial charge in [-0.3, -0.25) is 14.5 Å². The number of aryl methyl sites for hydroxylation is 1. The normalized spacial score (nSPS) is 14.8. The molecule has 0 aliphatic carbocycles. The van der Waals surface area contributed by atoms with E-state index in [9.17, 15) is 9.59 Å². The number of furan rings is 1. The van der Waals surface area contributed by atoms with E-state index in [1.54, 1.807) is 36.6 Å². The molecule has 0 saturated carbocycles. The number of anilines is 1. The SMILES string of the molecule is Cc1ccc(CN2CCC(C(=O)Nc3ccccc3C(=O)NCc3ccco3)CC2)cc1. The van der Waals surface area contributed by atoms with Crippen molar-refractivity contribution in [2.75, 3.05) is 18.4 Å². The van der Waals surface area contributed by atoms with E-state index in [0.29, 0.717) is 23.6 Å². The summed E-state index contributed by atoms with van der Waals surface area (Å²) in [5.41, 5.74) is 3.55. The number of nitrogens with zero attached hydrogens (tertiary/aromatic N) is 1. The Balaban J connectivity index is 1.30. The number of rotatable bonds is 7. The van der Waals surface area contributed by atoms with Crippen LogP contribution in [0.15, 0.2) is 71.3 Å². The number of hydrogen-bond acceptors (Lipinski definition) is 4. The van der Waals surface area contributed by atoms with Crippen molar-refractivity contribution >= 4 is 17.5 Å². The third-order valence-electron chi connectivity index (χ3n) is 5.92. The average molecular weight is 432 g/mol. The Kier molecular flexibility index (Phi) is 7.02. The van der Waals surface area contributed by atoms with Crippen LogP contribution < -0.4 is 10.6 Å². The minimum atomic E-state index is -0.245. The first-order chi connectivity index (χ1) is 15.6. The molecule has 2 aromatic carbocycles. The van der Waals surface area contributed by atoms with E-state index in [1.165, 1.54) is 11.1 Å². The highest BCUT2D eigenvalue weighted by atomic mass is 16.3. The van der Waals surface area contributed by atoms with E-state index in [0.717, 1.165) is 32.5 Å². The van der Waals surface area contributed by atoms with Crippen molar-refractivity contribution < 1.29 is 14.0 Å². The smallest absolute Gasteiger partial charge is 0.253 e. The van der Waals surface area contributed by atoms with Crippen LogP contribution in [0.1, 0.15) is 40.1 Å². The van der Waals surface area contributed by atoms with Gasteiger partial charge in [-0.05, 0) is 62.7 Å². The van der Waals surface area contributed by atoms with Gasteiger partial charge in [0, 0.05) is 12.5 Å². The van der Waals surface area contributed by atoms with Gasteiger partial charge < -0.3 is 15.1 Å². The van der Waals surface area contributed by atoms with Gasteiger partial charge in [0.25, 0.3) is 5.91 Å². The van der Waals surface area contributed by atoms with Crippen LogP contribution in [0.25, 0.3) is 0 Å². The lowest BCUT2D eigenvalue weighted by Crippen LogP contribution is -2.38. The van der Waals surface area contributed by atoms with E-state index in [4.69, 9.17) is 4.42 Å².